The Balaban J connectivity index is 2.22. The summed E-state index contributed by atoms with van der Waals surface area (Å²) < 4.78 is 35.8. The summed E-state index contributed by atoms with van der Waals surface area (Å²) in [5.74, 6) is -0.414. The number of hydrogen-bond donors (Lipinski definition) is 2. The normalized spacial score (nSPS) is 12.3. The minimum Gasteiger partial charge on any atom is -0.487 e. The van der Waals surface area contributed by atoms with Crippen LogP contribution < -0.4 is 9.46 Å². The third-order valence-corrected chi connectivity index (χ3v) is 4.07. The molecule has 8 heteroatoms. The summed E-state index contributed by atoms with van der Waals surface area (Å²) in [6, 6.07) is 14.2. The quantitative estimate of drug-likeness (QED) is 0.677. The second-order valence-corrected chi connectivity index (χ2v) is 7.47. The Morgan fingerprint density at radius 3 is 2.46 bits per heavy atom. The minimum atomic E-state index is -3.53. The van der Waals surface area contributed by atoms with Gasteiger partial charge >= 0.3 is 5.97 Å². The molecule has 0 heterocycles. The first-order chi connectivity index (χ1) is 12.3. The molecule has 1 unspecified atom stereocenters. The number of carbonyl (C=O) groups excluding carboxylic acids is 1. The summed E-state index contributed by atoms with van der Waals surface area (Å²) in [4.78, 5) is 11.3. The molecule has 0 aliphatic carbocycles. The van der Waals surface area contributed by atoms with E-state index in [2.05, 4.69) is 9.46 Å². The number of sulfonamides is 1. The van der Waals surface area contributed by atoms with Crippen LogP contribution in [-0.2, 0) is 32.6 Å². The second kappa shape index (κ2) is 8.68. The van der Waals surface area contributed by atoms with Crippen LogP contribution in [0.2, 0.25) is 0 Å². The largest absolute Gasteiger partial charge is 0.487 e. The number of aliphatic hydroxyl groups excluding tert-OH is 1. The van der Waals surface area contributed by atoms with Crippen LogP contribution in [-0.4, -0.2) is 39.0 Å². The van der Waals surface area contributed by atoms with E-state index in [1.165, 1.54) is 13.2 Å². The molecule has 1 atom stereocenters. The lowest BCUT2D eigenvalue weighted by Crippen LogP contribution is -2.24. The lowest BCUT2D eigenvalue weighted by Gasteiger charge is -2.15. The molecule has 0 bridgehead atoms. The molecular weight excluding hydrogens is 358 g/mol. The highest BCUT2D eigenvalue weighted by molar-refractivity contribution is 7.92. The van der Waals surface area contributed by atoms with Gasteiger partial charge in [0.25, 0.3) is 0 Å². The number of aliphatic hydroxyl groups is 1. The molecule has 0 aliphatic heterocycles. The van der Waals surface area contributed by atoms with Crippen molar-refractivity contribution < 1.29 is 27.8 Å². The number of esters is 1. The number of hydrogen-bond acceptors (Lipinski definition) is 6. The van der Waals surface area contributed by atoms with Crippen molar-refractivity contribution in [2.24, 2.45) is 0 Å². The van der Waals surface area contributed by atoms with Crippen LogP contribution in [0, 0.1) is 0 Å². The van der Waals surface area contributed by atoms with Crippen LogP contribution in [0.5, 0.6) is 5.75 Å². The van der Waals surface area contributed by atoms with E-state index in [1.54, 1.807) is 12.1 Å². The molecule has 0 spiro atoms. The molecular formula is C18H21NO6S. The van der Waals surface area contributed by atoms with Crippen molar-refractivity contribution in [1.29, 1.82) is 0 Å². The van der Waals surface area contributed by atoms with Gasteiger partial charge in [-0.1, -0.05) is 36.4 Å². The molecule has 140 valence electrons. The zero-order valence-corrected chi connectivity index (χ0v) is 15.3. The molecule has 0 amide bonds. The van der Waals surface area contributed by atoms with Crippen molar-refractivity contribution in [2.45, 2.75) is 19.1 Å². The maximum absolute atomic E-state index is 11.6. The van der Waals surface area contributed by atoms with Crippen molar-refractivity contribution in [3.63, 3.8) is 0 Å². The lowest BCUT2D eigenvalue weighted by molar-refractivity contribution is -0.150. The predicted molar refractivity (Wildman–Crippen MR) is 97.4 cm³/mol. The molecule has 2 aromatic rings. The van der Waals surface area contributed by atoms with E-state index in [0.29, 0.717) is 11.3 Å². The molecule has 2 rings (SSSR count). The Kier molecular flexibility index (Phi) is 6.59. The van der Waals surface area contributed by atoms with Crippen molar-refractivity contribution in [2.75, 3.05) is 18.1 Å². The van der Waals surface area contributed by atoms with Crippen molar-refractivity contribution in [1.82, 2.24) is 0 Å². The number of methoxy groups -OCH3 is 1. The Labute approximate surface area is 152 Å². The fourth-order valence-corrected chi connectivity index (χ4v) is 2.85. The fraction of sp³-hybridized carbons (Fsp3) is 0.278. The van der Waals surface area contributed by atoms with Gasteiger partial charge in [-0.05, 0) is 23.3 Å². The molecule has 0 radical (unpaired) electrons. The number of carbonyl (C=O) groups is 1. The van der Waals surface area contributed by atoms with E-state index in [1.807, 2.05) is 30.3 Å². The van der Waals surface area contributed by atoms with E-state index >= 15 is 0 Å². The van der Waals surface area contributed by atoms with Gasteiger partial charge < -0.3 is 14.6 Å². The van der Waals surface area contributed by atoms with Gasteiger partial charge in [0.15, 0.2) is 6.10 Å². The Hall–Kier alpha value is -2.58. The van der Waals surface area contributed by atoms with Gasteiger partial charge in [0, 0.05) is 6.42 Å². The summed E-state index contributed by atoms with van der Waals surface area (Å²) in [6.45, 7) is 0.267. The van der Waals surface area contributed by atoms with Gasteiger partial charge in [0.2, 0.25) is 10.0 Å². The first-order valence-corrected chi connectivity index (χ1v) is 9.71. The number of nitrogens with one attached hydrogen (secondary N) is 1. The van der Waals surface area contributed by atoms with Crippen molar-refractivity contribution in [3.8, 4) is 5.75 Å². The summed E-state index contributed by atoms with van der Waals surface area (Å²) in [5.41, 5.74) is 1.72. The van der Waals surface area contributed by atoms with Gasteiger partial charge in [-0.2, -0.15) is 0 Å². The zero-order valence-electron chi connectivity index (χ0n) is 14.5. The Morgan fingerprint density at radius 1 is 1.15 bits per heavy atom. The first kappa shape index (κ1) is 19.7. The highest BCUT2D eigenvalue weighted by atomic mass is 32.2. The van der Waals surface area contributed by atoms with Crippen LogP contribution in [0.15, 0.2) is 48.5 Å². The van der Waals surface area contributed by atoms with Crippen LogP contribution in [0.3, 0.4) is 0 Å². The van der Waals surface area contributed by atoms with Crippen molar-refractivity contribution >= 4 is 21.7 Å². The molecule has 7 nitrogen and oxygen atoms in total. The van der Waals surface area contributed by atoms with Gasteiger partial charge in [-0.25, -0.2) is 13.2 Å². The smallest absolute Gasteiger partial charge is 0.335 e. The Morgan fingerprint density at radius 2 is 1.85 bits per heavy atom. The highest BCUT2D eigenvalue weighted by Crippen LogP contribution is 2.28. The monoisotopic (exact) mass is 379 g/mol. The van der Waals surface area contributed by atoms with Gasteiger partial charge in [0.05, 0.1) is 19.1 Å². The van der Waals surface area contributed by atoms with Crippen LogP contribution in [0.1, 0.15) is 11.1 Å². The topological polar surface area (TPSA) is 102 Å². The highest BCUT2D eigenvalue weighted by Gasteiger charge is 2.17. The molecule has 2 aromatic carbocycles. The predicted octanol–water partition coefficient (Wildman–Crippen LogP) is 1.71. The molecule has 0 aromatic heterocycles. The van der Waals surface area contributed by atoms with Crippen LogP contribution in [0.25, 0.3) is 0 Å². The standard InChI is InChI=1S/C18H21NO6S/c1-24-18(21)16(20)11-14-8-9-17(15(10-14)19-26(2,22)23)25-12-13-6-4-3-5-7-13/h3-10,16,19-20H,11-12H2,1-2H3. The maximum atomic E-state index is 11.6. The minimum absolute atomic E-state index is 0.00984. The summed E-state index contributed by atoms with van der Waals surface area (Å²) in [5, 5.41) is 9.77. The maximum Gasteiger partial charge on any atom is 0.335 e. The van der Waals surface area contributed by atoms with Crippen LogP contribution in [0.4, 0.5) is 5.69 Å². The van der Waals surface area contributed by atoms with Crippen LogP contribution >= 0.6 is 0 Å². The number of benzene rings is 2. The average Bonchev–Trinajstić information content (AvgIpc) is 2.59. The molecule has 0 fully saturated rings. The zero-order chi connectivity index (χ0) is 19.2. The molecule has 0 saturated heterocycles. The van der Waals surface area contributed by atoms with E-state index in [4.69, 9.17) is 4.74 Å². The third-order valence-electron chi connectivity index (χ3n) is 3.48. The summed E-state index contributed by atoms with van der Waals surface area (Å²) in [6.07, 6.45) is -0.309. The third kappa shape index (κ3) is 6.05. The SMILES string of the molecule is COC(=O)C(O)Cc1ccc(OCc2ccccc2)c(NS(C)(=O)=O)c1. The average molecular weight is 379 g/mol. The van der Waals surface area contributed by atoms with Crippen molar-refractivity contribution in [3.05, 3.63) is 59.7 Å². The molecule has 0 saturated carbocycles. The first-order valence-electron chi connectivity index (χ1n) is 7.82. The lowest BCUT2D eigenvalue weighted by atomic mass is 10.1. The van der Waals surface area contributed by atoms with Gasteiger partial charge in [-0.3, -0.25) is 4.72 Å². The molecule has 2 N–H and O–H groups in total. The fourth-order valence-electron chi connectivity index (χ4n) is 2.29. The van der Waals surface area contributed by atoms with E-state index < -0.39 is 22.1 Å². The van der Waals surface area contributed by atoms with E-state index in [-0.39, 0.29) is 18.7 Å². The van der Waals surface area contributed by atoms with Gasteiger partial charge in [-0.15, -0.1) is 0 Å². The molecule has 0 aliphatic rings. The van der Waals surface area contributed by atoms with Gasteiger partial charge in [0.1, 0.15) is 12.4 Å². The summed E-state index contributed by atoms with van der Waals surface area (Å²) in [7, 11) is -2.35. The Bertz CT molecular complexity index is 851. The molecule has 26 heavy (non-hydrogen) atoms. The van der Waals surface area contributed by atoms with E-state index in [9.17, 15) is 18.3 Å². The number of anilines is 1. The second-order valence-electron chi connectivity index (χ2n) is 5.72. The van der Waals surface area contributed by atoms with E-state index in [0.717, 1.165) is 11.8 Å². The number of ether oxygens (including phenoxy) is 2. The summed E-state index contributed by atoms with van der Waals surface area (Å²) >= 11 is 0. The number of rotatable bonds is 8.